The zero-order valence-electron chi connectivity index (χ0n) is 20.5. The number of ketones is 1. The molecule has 0 saturated heterocycles. The van der Waals surface area contributed by atoms with Crippen LogP contribution in [0.1, 0.15) is 34.0 Å². The van der Waals surface area contributed by atoms with Gasteiger partial charge in [0.15, 0.2) is 35.3 Å². The number of hydrogen-bond donors (Lipinski definition) is 0. The normalized spacial score (nSPS) is 13.5. The van der Waals surface area contributed by atoms with Crippen molar-refractivity contribution < 1.29 is 69.6 Å². The molecule has 20 heteroatoms. The predicted molar refractivity (Wildman–Crippen MR) is 132 cm³/mol. The molecule has 0 N–H and O–H groups in total. The maximum atomic E-state index is 12.0. The molecule has 0 aliphatic heterocycles. The lowest BCUT2D eigenvalue weighted by molar-refractivity contribution is -0.0471. The Morgan fingerprint density at radius 2 is 1.07 bits per heavy atom. The van der Waals surface area contributed by atoms with E-state index >= 15 is 0 Å². The summed E-state index contributed by atoms with van der Waals surface area (Å²) in [6.07, 6.45) is 0. The molecule has 0 aliphatic rings. The SMILES string of the molecule is CC(=O)c1ccc(C[SH+]Cc2ccccc2C)cc1.O=S(=O)([C-](S(=O)(=O)C(F)(F)F)S(=O)(=O)C(F)(F)F)C(F)(F)F. The molecule has 2 rings (SSSR count). The summed E-state index contributed by atoms with van der Waals surface area (Å²) in [5, 5.41) is 0. The smallest absolute Gasteiger partial charge is 0.295 e. The summed E-state index contributed by atoms with van der Waals surface area (Å²) in [6.45, 7) is 3.76. The van der Waals surface area contributed by atoms with E-state index in [-0.39, 0.29) is 5.78 Å². The van der Waals surface area contributed by atoms with Gasteiger partial charge in [-0.3, -0.25) is 30.0 Å². The molecule has 0 aliphatic carbocycles. The van der Waals surface area contributed by atoms with Gasteiger partial charge < -0.3 is 0 Å². The number of rotatable bonds is 8. The van der Waals surface area contributed by atoms with Gasteiger partial charge in [-0.05, 0) is 31.2 Å². The van der Waals surface area contributed by atoms with E-state index in [1.54, 1.807) is 6.92 Å². The molecule has 0 aromatic heterocycles. The van der Waals surface area contributed by atoms with Crippen LogP contribution in [0.5, 0.6) is 0 Å². The molecule has 41 heavy (non-hydrogen) atoms. The lowest BCUT2D eigenvalue weighted by Gasteiger charge is -2.31. The lowest BCUT2D eigenvalue weighted by atomic mass is 10.1. The van der Waals surface area contributed by atoms with Crippen molar-refractivity contribution in [1.29, 1.82) is 0 Å². The average Bonchev–Trinajstić information content (AvgIpc) is 2.78. The number of alkyl halides is 9. The van der Waals surface area contributed by atoms with Gasteiger partial charge >= 0.3 is 16.5 Å². The first kappa shape index (κ1) is 36.7. The highest BCUT2D eigenvalue weighted by Gasteiger charge is 2.63. The van der Waals surface area contributed by atoms with Crippen LogP contribution in [0.3, 0.4) is 0 Å². The maximum absolute atomic E-state index is 12.0. The van der Waals surface area contributed by atoms with E-state index in [1.165, 1.54) is 28.5 Å². The third-order valence-electron chi connectivity index (χ3n) is 4.77. The van der Waals surface area contributed by atoms with Crippen molar-refractivity contribution in [2.45, 2.75) is 41.9 Å². The van der Waals surface area contributed by atoms with E-state index in [2.05, 4.69) is 43.3 Å². The molecular formula is C21H19F9O7S4. The second-order valence-corrected chi connectivity index (χ2v) is 15.3. The van der Waals surface area contributed by atoms with Crippen LogP contribution in [0.4, 0.5) is 39.5 Å². The largest absolute Gasteiger partial charge is 0.470 e. The van der Waals surface area contributed by atoms with Crippen LogP contribution in [0.25, 0.3) is 0 Å². The summed E-state index contributed by atoms with van der Waals surface area (Å²) >= 11 is 1.40. The van der Waals surface area contributed by atoms with Crippen molar-refractivity contribution in [1.82, 2.24) is 0 Å². The summed E-state index contributed by atoms with van der Waals surface area (Å²) < 4.78 is 167. The fourth-order valence-electron chi connectivity index (χ4n) is 2.65. The molecule has 0 amide bonds. The number of aryl methyl sites for hydroxylation is 1. The summed E-state index contributed by atoms with van der Waals surface area (Å²) in [6, 6.07) is 16.5. The quantitative estimate of drug-likeness (QED) is 0.127. The number of benzene rings is 2. The van der Waals surface area contributed by atoms with Crippen molar-refractivity contribution in [3.63, 3.8) is 0 Å². The minimum Gasteiger partial charge on any atom is -0.295 e. The highest BCUT2D eigenvalue weighted by molar-refractivity contribution is 8.29. The van der Waals surface area contributed by atoms with Gasteiger partial charge in [-0.25, -0.2) is 0 Å². The minimum atomic E-state index is -8.02. The number of carbonyl (C=O) groups excluding carboxylic acids is 1. The standard InChI is InChI=1S/C17H18OS.C4F9O6S3/c1-13-5-3-4-6-17(13)12-19-11-15-7-9-16(10-8-15)14(2)18;5-2(6,7)20(14,15)1(21(16,17)3(8,9)10)22(18,19)4(11,12)13/h3-10H,11-12H2,1-2H3;/q;-1/p+1. The molecule has 0 spiro atoms. The first-order chi connectivity index (χ1) is 18.3. The van der Waals surface area contributed by atoms with Crippen molar-refractivity contribution in [2.75, 3.05) is 0 Å². The van der Waals surface area contributed by atoms with Crippen molar-refractivity contribution in [3.8, 4) is 0 Å². The van der Waals surface area contributed by atoms with Gasteiger partial charge in [0.05, 0.1) is 3.91 Å². The first-order valence-corrected chi connectivity index (χ1v) is 16.1. The number of hydrogen-bond acceptors (Lipinski definition) is 7. The summed E-state index contributed by atoms with van der Waals surface area (Å²) in [5.41, 5.74) is -16.3. The fourth-order valence-corrected chi connectivity index (χ4v) is 9.57. The lowest BCUT2D eigenvalue weighted by Crippen LogP contribution is -2.47. The topological polar surface area (TPSA) is 119 Å². The molecule has 2 aromatic carbocycles. The molecular weight excluding hydrogens is 663 g/mol. The van der Waals surface area contributed by atoms with Gasteiger partial charge in [-0.15, -0.1) is 0 Å². The van der Waals surface area contributed by atoms with Crippen LogP contribution < -0.4 is 0 Å². The minimum absolute atomic E-state index is 0.129. The molecule has 7 nitrogen and oxygen atoms in total. The summed E-state index contributed by atoms with van der Waals surface area (Å²) in [7, 11) is -24.1. The van der Waals surface area contributed by atoms with E-state index in [0.717, 1.165) is 17.1 Å². The van der Waals surface area contributed by atoms with E-state index in [9.17, 15) is 69.6 Å². The van der Waals surface area contributed by atoms with Crippen LogP contribution in [0.2, 0.25) is 0 Å². The Hall–Kier alpha value is -2.32. The van der Waals surface area contributed by atoms with E-state index in [1.807, 2.05) is 12.1 Å². The molecule has 232 valence electrons. The number of carbonyl (C=O) groups is 1. The second-order valence-electron chi connectivity index (χ2n) is 7.82. The van der Waals surface area contributed by atoms with Gasteiger partial charge in [-0.2, -0.15) is 39.5 Å². The van der Waals surface area contributed by atoms with Gasteiger partial charge in [0, 0.05) is 16.7 Å². The number of halogens is 9. The zero-order chi connectivity index (χ0) is 32.2. The highest BCUT2D eigenvalue weighted by Crippen LogP contribution is 2.47. The number of sulfone groups is 3. The monoisotopic (exact) mass is 682 g/mol. The van der Waals surface area contributed by atoms with Gasteiger partial charge in [0.1, 0.15) is 11.5 Å². The summed E-state index contributed by atoms with van der Waals surface area (Å²) in [5.74, 6) is 2.25. The molecule has 0 atom stereocenters. The molecule has 0 radical (unpaired) electrons. The Balaban J connectivity index is 0.000000413. The zero-order valence-corrected chi connectivity index (χ0v) is 23.8. The molecule has 2 aromatic rings. The van der Waals surface area contributed by atoms with Crippen LogP contribution in [0.15, 0.2) is 48.5 Å². The molecule has 0 fully saturated rings. The Morgan fingerprint density at radius 1 is 0.683 bits per heavy atom. The number of Topliss-reactive ketones (excluding diaryl/α,β-unsaturated/α-hetero) is 1. The second kappa shape index (κ2) is 12.9. The van der Waals surface area contributed by atoms with Crippen LogP contribution in [0, 0.1) is 10.8 Å². The van der Waals surface area contributed by atoms with Gasteiger partial charge in [0.2, 0.25) is 0 Å². The Kier molecular flexibility index (Phi) is 11.6. The third-order valence-corrected chi connectivity index (χ3v) is 13.0. The predicted octanol–water partition coefficient (Wildman–Crippen LogP) is 4.95. The van der Waals surface area contributed by atoms with Crippen LogP contribution in [-0.4, -0.2) is 47.6 Å². The highest BCUT2D eigenvalue weighted by atomic mass is 32.3. The maximum Gasteiger partial charge on any atom is 0.470 e. The van der Waals surface area contributed by atoms with Crippen molar-refractivity contribution in [3.05, 3.63) is 74.7 Å². The Bertz CT molecular complexity index is 1440. The average molecular weight is 683 g/mol. The van der Waals surface area contributed by atoms with E-state index < -0.39 is 50.0 Å². The van der Waals surface area contributed by atoms with Crippen molar-refractivity contribution >= 4 is 47.1 Å². The molecule has 0 heterocycles. The Morgan fingerprint density at radius 3 is 1.41 bits per heavy atom. The van der Waals surface area contributed by atoms with Crippen LogP contribution >= 0.6 is 0 Å². The fraction of sp³-hybridized carbons (Fsp3) is 0.333. The Labute approximate surface area is 232 Å². The number of thiol groups is 1. The molecule has 0 saturated carbocycles. The summed E-state index contributed by atoms with van der Waals surface area (Å²) in [4.78, 5) is 11.2. The molecule has 0 bridgehead atoms. The van der Waals surface area contributed by atoms with Gasteiger partial charge in [-0.1, -0.05) is 48.5 Å². The van der Waals surface area contributed by atoms with E-state index in [0.29, 0.717) is 0 Å². The van der Waals surface area contributed by atoms with Crippen LogP contribution in [-0.2, 0) is 52.8 Å². The molecule has 0 unspecified atom stereocenters. The van der Waals surface area contributed by atoms with Gasteiger partial charge in [0.25, 0.3) is 0 Å². The third kappa shape index (κ3) is 8.84. The first-order valence-electron chi connectivity index (χ1n) is 10.4. The van der Waals surface area contributed by atoms with E-state index in [4.69, 9.17) is 0 Å². The van der Waals surface area contributed by atoms with Crippen molar-refractivity contribution in [2.24, 2.45) is 0 Å².